The van der Waals surface area contributed by atoms with Crippen molar-refractivity contribution in [1.82, 2.24) is 15.3 Å². The Bertz CT molecular complexity index is 887. The van der Waals surface area contributed by atoms with Crippen LogP contribution in [0.5, 0.6) is 11.5 Å². The zero-order valence-electron chi connectivity index (χ0n) is 13.8. The maximum absolute atomic E-state index is 12.3. The number of hydrogen-bond acceptors (Lipinski definition) is 6. The largest absolute Gasteiger partial charge is 0.493 e. The van der Waals surface area contributed by atoms with Gasteiger partial charge in [0.05, 0.1) is 44.0 Å². The maximum atomic E-state index is 12.3. The minimum Gasteiger partial charge on any atom is -0.493 e. The number of aromatic amines is 1. The molecule has 7 heteroatoms. The number of methoxy groups -OCH3 is 2. The fourth-order valence-electron chi connectivity index (χ4n) is 2.49. The van der Waals surface area contributed by atoms with Crippen molar-refractivity contribution in [2.75, 3.05) is 14.2 Å². The Labute approximate surface area is 138 Å². The Balaban J connectivity index is 1.88. The Morgan fingerprint density at radius 2 is 2.04 bits per heavy atom. The van der Waals surface area contributed by atoms with Gasteiger partial charge in [0, 0.05) is 6.07 Å². The molecule has 0 aliphatic rings. The van der Waals surface area contributed by atoms with Gasteiger partial charge in [-0.25, -0.2) is 4.98 Å². The predicted molar refractivity (Wildman–Crippen MR) is 89.4 cm³/mol. The van der Waals surface area contributed by atoms with Gasteiger partial charge in [0.1, 0.15) is 11.6 Å². The number of nitrogens with zero attached hydrogens (tertiary/aromatic N) is 1. The lowest BCUT2D eigenvalue weighted by Gasteiger charge is -2.12. The van der Waals surface area contributed by atoms with Gasteiger partial charge in [-0.15, -0.1) is 0 Å². The van der Waals surface area contributed by atoms with E-state index in [4.69, 9.17) is 13.9 Å². The zero-order valence-corrected chi connectivity index (χ0v) is 13.8. The molecular formula is C17H19N3O4. The summed E-state index contributed by atoms with van der Waals surface area (Å²) < 4.78 is 15.8. The van der Waals surface area contributed by atoms with E-state index in [1.54, 1.807) is 25.5 Å². The van der Waals surface area contributed by atoms with E-state index in [-0.39, 0.29) is 11.6 Å². The Kier molecular flexibility index (Phi) is 4.52. The number of rotatable bonds is 6. The molecule has 1 aromatic carbocycles. The zero-order chi connectivity index (χ0) is 17.1. The van der Waals surface area contributed by atoms with Crippen molar-refractivity contribution in [1.29, 1.82) is 0 Å². The second-order valence-corrected chi connectivity index (χ2v) is 5.35. The number of aromatic nitrogens is 2. The Morgan fingerprint density at radius 1 is 1.29 bits per heavy atom. The summed E-state index contributed by atoms with van der Waals surface area (Å²) in [7, 11) is 3.07. The molecule has 0 saturated carbocycles. The van der Waals surface area contributed by atoms with Crippen molar-refractivity contribution in [3.8, 4) is 11.5 Å². The molecule has 2 aromatic heterocycles. The monoisotopic (exact) mass is 329 g/mol. The molecule has 2 N–H and O–H groups in total. The molecule has 7 nitrogen and oxygen atoms in total. The molecule has 3 aromatic rings. The lowest BCUT2D eigenvalue weighted by Crippen LogP contribution is -2.22. The summed E-state index contributed by atoms with van der Waals surface area (Å²) in [6, 6.07) is 7.06. The highest BCUT2D eigenvalue weighted by atomic mass is 16.5. The van der Waals surface area contributed by atoms with Crippen LogP contribution >= 0.6 is 0 Å². The smallest absolute Gasteiger partial charge is 0.258 e. The van der Waals surface area contributed by atoms with Gasteiger partial charge in [0.15, 0.2) is 11.5 Å². The molecule has 126 valence electrons. The van der Waals surface area contributed by atoms with Gasteiger partial charge in [-0.1, -0.05) is 0 Å². The molecule has 0 amide bonds. The molecule has 3 rings (SSSR count). The number of ether oxygens (including phenoxy) is 2. The number of furan rings is 1. The van der Waals surface area contributed by atoms with Crippen molar-refractivity contribution in [3.05, 3.63) is 52.5 Å². The van der Waals surface area contributed by atoms with Crippen LogP contribution in [0.25, 0.3) is 10.9 Å². The Morgan fingerprint density at radius 3 is 2.71 bits per heavy atom. The fraction of sp³-hybridized carbons (Fsp3) is 0.294. The van der Waals surface area contributed by atoms with Gasteiger partial charge in [0.25, 0.3) is 5.56 Å². The third-order valence-electron chi connectivity index (χ3n) is 3.81. The molecule has 0 aliphatic heterocycles. The normalized spacial score (nSPS) is 12.3. The van der Waals surface area contributed by atoms with Crippen LogP contribution in [-0.4, -0.2) is 24.2 Å². The van der Waals surface area contributed by atoms with Crippen molar-refractivity contribution >= 4 is 10.9 Å². The molecule has 0 bridgehead atoms. The van der Waals surface area contributed by atoms with Gasteiger partial charge in [-0.3, -0.25) is 4.79 Å². The van der Waals surface area contributed by atoms with Crippen molar-refractivity contribution in [2.24, 2.45) is 0 Å². The molecule has 0 fully saturated rings. The summed E-state index contributed by atoms with van der Waals surface area (Å²) in [4.78, 5) is 19.6. The summed E-state index contributed by atoms with van der Waals surface area (Å²) in [5, 5.41) is 3.72. The SMILES string of the molecule is COc1cc2nc(CN[C@@H](C)c3ccco3)[nH]c(=O)c2cc1OC. The molecule has 0 radical (unpaired) electrons. The van der Waals surface area contributed by atoms with Crippen LogP contribution in [0.3, 0.4) is 0 Å². The highest BCUT2D eigenvalue weighted by Gasteiger charge is 2.12. The lowest BCUT2D eigenvalue weighted by atomic mass is 10.2. The van der Waals surface area contributed by atoms with E-state index in [1.807, 2.05) is 19.1 Å². The highest BCUT2D eigenvalue weighted by Crippen LogP contribution is 2.29. The van der Waals surface area contributed by atoms with Crippen molar-refractivity contribution < 1.29 is 13.9 Å². The Hall–Kier alpha value is -2.80. The van der Waals surface area contributed by atoms with Crippen molar-refractivity contribution in [3.63, 3.8) is 0 Å². The third-order valence-corrected chi connectivity index (χ3v) is 3.81. The molecule has 0 saturated heterocycles. The first kappa shape index (κ1) is 16.1. The summed E-state index contributed by atoms with van der Waals surface area (Å²) in [6.45, 7) is 2.38. The number of H-pyrrole nitrogens is 1. The first-order chi connectivity index (χ1) is 11.6. The van der Waals surface area contributed by atoms with Gasteiger partial charge in [-0.05, 0) is 25.1 Å². The van der Waals surface area contributed by atoms with E-state index in [1.165, 1.54) is 7.11 Å². The van der Waals surface area contributed by atoms with E-state index in [0.717, 1.165) is 5.76 Å². The molecule has 0 spiro atoms. The average molecular weight is 329 g/mol. The quantitative estimate of drug-likeness (QED) is 0.722. The average Bonchev–Trinajstić information content (AvgIpc) is 3.13. The second-order valence-electron chi connectivity index (χ2n) is 5.35. The molecule has 0 unspecified atom stereocenters. The summed E-state index contributed by atoms with van der Waals surface area (Å²) >= 11 is 0. The van der Waals surface area contributed by atoms with Crippen LogP contribution in [0.15, 0.2) is 39.7 Å². The van der Waals surface area contributed by atoms with E-state index in [2.05, 4.69) is 15.3 Å². The van der Waals surface area contributed by atoms with E-state index in [0.29, 0.717) is 34.8 Å². The summed E-state index contributed by atoms with van der Waals surface area (Å²) in [5.41, 5.74) is 0.335. The van der Waals surface area contributed by atoms with Crippen LogP contribution in [0.1, 0.15) is 24.6 Å². The lowest BCUT2D eigenvalue weighted by molar-refractivity contribution is 0.355. The van der Waals surface area contributed by atoms with E-state index in [9.17, 15) is 4.79 Å². The fourth-order valence-corrected chi connectivity index (χ4v) is 2.49. The van der Waals surface area contributed by atoms with E-state index < -0.39 is 0 Å². The van der Waals surface area contributed by atoms with Crippen LogP contribution < -0.4 is 20.3 Å². The molecule has 2 heterocycles. The second kappa shape index (κ2) is 6.76. The minimum absolute atomic E-state index is 0.00593. The standard InChI is InChI=1S/C17H19N3O4/c1-10(13-5-4-6-24-13)18-9-16-19-12-8-15(23-3)14(22-2)7-11(12)17(21)20-16/h4-8,10,18H,9H2,1-3H3,(H,19,20,21)/t10-/m0/s1. The van der Waals surface area contributed by atoms with Crippen LogP contribution in [0, 0.1) is 0 Å². The number of nitrogens with one attached hydrogen (secondary N) is 2. The van der Waals surface area contributed by atoms with Gasteiger partial charge in [-0.2, -0.15) is 0 Å². The van der Waals surface area contributed by atoms with Crippen LogP contribution in [0.2, 0.25) is 0 Å². The molecular weight excluding hydrogens is 310 g/mol. The predicted octanol–water partition coefficient (Wildman–Crippen LogP) is 2.38. The van der Waals surface area contributed by atoms with Gasteiger partial charge < -0.3 is 24.2 Å². The molecule has 0 aliphatic carbocycles. The van der Waals surface area contributed by atoms with Crippen LogP contribution in [-0.2, 0) is 6.54 Å². The number of fused-ring (bicyclic) bond motifs is 1. The topological polar surface area (TPSA) is 89.4 Å². The van der Waals surface area contributed by atoms with Gasteiger partial charge >= 0.3 is 0 Å². The molecule has 1 atom stereocenters. The third kappa shape index (κ3) is 3.11. The van der Waals surface area contributed by atoms with E-state index >= 15 is 0 Å². The number of benzene rings is 1. The summed E-state index contributed by atoms with van der Waals surface area (Å²) in [5.74, 6) is 2.39. The highest BCUT2D eigenvalue weighted by molar-refractivity contribution is 5.81. The van der Waals surface area contributed by atoms with Gasteiger partial charge in [0.2, 0.25) is 0 Å². The first-order valence-corrected chi connectivity index (χ1v) is 7.54. The first-order valence-electron chi connectivity index (χ1n) is 7.54. The molecule has 24 heavy (non-hydrogen) atoms. The summed E-state index contributed by atoms with van der Waals surface area (Å²) in [6.07, 6.45) is 1.63. The maximum Gasteiger partial charge on any atom is 0.258 e. The van der Waals surface area contributed by atoms with Crippen molar-refractivity contribution in [2.45, 2.75) is 19.5 Å². The van der Waals surface area contributed by atoms with Crippen LogP contribution in [0.4, 0.5) is 0 Å². The number of hydrogen-bond donors (Lipinski definition) is 2. The minimum atomic E-state index is -0.219.